The van der Waals surface area contributed by atoms with Crippen molar-refractivity contribution < 1.29 is 9.59 Å². The molecule has 0 spiro atoms. The van der Waals surface area contributed by atoms with E-state index in [0.29, 0.717) is 6.54 Å². The fraction of sp³-hybridized carbons (Fsp3) is 0.355. The van der Waals surface area contributed by atoms with E-state index < -0.39 is 0 Å². The second kappa shape index (κ2) is 11.9. The molecule has 0 aromatic heterocycles. The van der Waals surface area contributed by atoms with Gasteiger partial charge in [-0.05, 0) is 56.2 Å². The van der Waals surface area contributed by atoms with Crippen LogP contribution in [0.15, 0.2) is 84.9 Å². The Hall–Kier alpha value is -3.88. The number of rotatable bonds is 8. The Balaban J connectivity index is 1.23. The first-order chi connectivity index (χ1) is 18.9. The van der Waals surface area contributed by atoms with Gasteiger partial charge in [-0.15, -0.1) is 0 Å². The average molecular weight is 527 g/mol. The quantitative estimate of drug-likeness (QED) is 0.456. The molecule has 2 atom stereocenters. The number of carbonyl (C=O) groups is 2. The molecule has 2 fully saturated rings. The number of nitrogens with one attached hydrogen (secondary N) is 2. The van der Waals surface area contributed by atoms with Crippen LogP contribution < -0.4 is 20.5 Å². The van der Waals surface area contributed by atoms with Crippen LogP contribution in [0.25, 0.3) is 0 Å². The van der Waals surface area contributed by atoms with Gasteiger partial charge in [-0.1, -0.05) is 60.7 Å². The minimum atomic E-state index is -0.335. The lowest BCUT2D eigenvalue weighted by Crippen LogP contribution is -2.51. The average Bonchev–Trinajstić information content (AvgIpc) is 3.27. The van der Waals surface area contributed by atoms with Gasteiger partial charge in [-0.3, -0.25) is 19.6 Å². The van der Waals surface area contributed by atoms with Crippen molar-refractivity contribution in [1.82, 2.24) is 20.7 Å². The molecule has 2 heterocycles. The van der Waals surface area contributed by atoms with E-state index in [1.165, 1.54) is 0 Å². The summed E-state index contributed by atoms with van der Waals surface area (Å²) in [5.41, 5.74) is 7.34. The predicted molar refractivity (Wildman–Crippen MR) is 155 cm³/mol. The number of urea groups is 1. The third-order valence-corrected chi connectivity index (χ3v) is 7.49. The summed E-state index contributed by atoms with van der Waals surface area (Å²) in [7, 11) is 0. The Morgan fingerprint density at radius 2 is 1.46 bits per heavy atom. The van der Waals surface area contributed by atoms with Crippen LogP contribution >= 0.6 is 0 Å². The lowest BCUT2D eigenvalue weighted by atomic mass is 10.0. The summed E-state index contributed by atoms with van der Waals surface area (Å²) in [6, 6.07) is 28.0. The molecule has 2 saturated heterocycles. The van der Waals surface area contributed by atoms with Crippen molar-refractivity contribution in [3.05, 3.63) is 96.1 Å². The van der Waals surface area contributed by atoms with E-state index in [-0.39, 0.29) is 30.2 Å². The molecule has 2 unspecified atom stereocenters. The maximum atomic E-state index is 13.4. The molecular weight excluding hydrogens is 488 g/mol. The van der Waals surface area contributed by atoms with Crippen LogP contribution in [0.2, 0.25) is 0 Å². The number of hydrogen-bond acceptors (Lipinski definition) is 5. The SMILES string of the molecule is CC(C)N1NC(C)N(c2ccc(N3CCN(C(C(=O)NCc4ccccc4)c4ccccc4)CC3)cc2)C1=O. The van der Waals surface area contributed by atoms with Crippen LogP contribution in [-0.2, 0) is 11.3 Å². The highest BCUT2D eigenvalue weighted by atomic mass is 16.2. The summed E-state index contributed by atoms with van der Waals surface area (Å²) in [6.45, 7) is 9.68. The fourth-order valence-corrected chi connectivity index (χ4v) is 5.41. The highest BCUT2D eigenvalue weighted by Gasteiger charge is 2.36. The number of benzene rings is 3. The molecule has 3 aromatic carbocycles. The van der Waals surface area contributed by atoms with Crippen molar-refractivity contribution in [3.63, 3.8) is 0 Å². The Labute approximate surface area is 231 Å². The van der Waals surface area contributed by atoms with Crippen LogP contribution in [0.3, 0.4) is 0 Å². The number of hydrogen-bond donors (Lipinski definition) is 2. The monoisotopic (exact) mass is 526 g/mol. The van der Waals surface area contributed by atoms with Gasteiger partial charge in [0.25, 0.3) is 0 Å². The molecule has 8 nitrogen and oxygen atoms in total. The molecule has 0 radical (unpaired) electrons. The van der Waals surface area contributed by atoms with Crippen LogP contribution in [0, 0.1) is 0 Å². The zero-order valence-electron chi connectivity index (χ0n) is 23.0. The van der Waals surface area contributed by atoms with Gasteiger partial charge in [0, 0.05) is 50.1 Å². The zero-order chi connectivity index (χ0) is 27.4. The summed E-state index contributed by atoms with van der Waals surface area (Å²) < 4.78 is 0. The first-order valence-electron chi connectivity index (χ1n) is 13.8. The number of nitrogens with zero attached hydrogens (tertiary/aromatic N) is 4. The van der Waals surface area contributed by atoms with Gasteiger partial charge in [0.05, 0.1) is 0 Å². The van der Waals surface area contributed by atoms with Crippen LogP contribution in [0.4, 0.5) is 16.2 Å². The predicted octanol–water partition coefficient (Wildman–Crippen LogP) is 4.37. The third-order valence-electron chi connectivity index (χ3n) is 7.49. The van der Waals surface area contributed by atoms with Crippen molar-refractivity contribution in [1.29, 1.82) is 0 Å². The van der Waals surface area contributed by atoms with Gasteiger partial charge in [-0.25, -0.2) is 10.2 Å². The van der Waals surface area contributed by atoms with Crippen molar-refractivity contribution in [2.45, 2.75) is 45.6 Å². The molecule has 0 aliphatic carbocycles. The van der Waals surface area contributed by atoms with Crippen LogP contribution in [0.1, 0.15) is 37.9 Å². The number of hydrazine groups is 1. The Morgan fingerprint density at radius 1 is 0.872 bits per heavy atom. The molecule has 0 bridgehead atoms. The van der Waals surface area contributed by atoms with Gasteiger partial charge in [-0.2, -0.15) is 0 Å². The normalized spacial score (nSPS) is 19.0. The van der Waals surface area contributed by atoms with E-state index in [1.807, 2.05) is 93.6 Å². The number of amides is 3. The maximum absolute atomic E-state index is 13.4. The Kier molecular flexibility index (Phi) is 8.14. The molecule has 2 aliphatic rings. The molecule has 2 N–H and O–H groups in total. The molecule has 204 valence electrons. The molecule has 8 heteroatoms. The van der Waals surface area contributed by atoms with Crippen LogP contribution in [-0.4, -0.2) is 60.2 Å². The van der Waals surface area contributed by atoms with Gasteiger partial charge >= 0.3 is 6.03 Å². The highest BCUT2D eigenvalue weighted by Crippen LogP contribution is 2.28. The van der Waals surface area contributed by atoms with Gasteiger partial charge < -0.3 is 10.2 Å². The summed E-state index contributed by atoms with van der Waals surface area (Å²) in [5.74, 6) is 0.0244. The number of anilines is 2. The standard InChI is InChI=1S/C31H38N6O2/c1-23(2)37-31(39)36(24(3)33-37)28-16-14-27(15-17-28)34-18-20-35(21-19-34)29(26-12-8-5-9-13-26)30(38)32-22-25-10-6-4-7-11-25/h4-17,23-24,29,33H,18-22H2,1-3H3,(H,32,38). The van der Waals surface area contributed by atoms with E-state index in [1.54, 1.807) is 9.91 Å². The smallest absolute Gasteiger partial charge is 0.340 e. The Morgan fingerprint density at radius 3 is 2.05 bits per heavy atom. The van der Waals surface area contributed by atoms with Crippen molar-refractivity contribution in [2.24, 2.45) is 0 Å². The van der Waals surface area contributed by atoms with E-state index in [0.717, 1.165) is 48.7 Å². The summed E-state index contributed by atoms with van der Waals surface area (Å²) in [5, 5.41) is 4.83. The number of carbonyl (C=O) groups excluding carboxylic acids is 2. The third kappa shape index (κ3) is 5.92. The molecular formula is C31H38N6O2. The first-order valence-corrected chi connectivity index (χ1v) is 13.8. The topological polar surface area (TPSA) is 71.2 Å². The summed E-state index contributed by atoms with van der Waals surface area (Å²) in [4.78, 5) is 32.7. The van der Waals surface area contributed by atoms with Gasteiger partial charge in [0.15, 0.2) is 0 Å². The van der Waals surface area contributed by atoms with E-state index in [2.05, 4.69) is 32.7 Å². The molecule has 39 heavy (non-hydrogen) atoms. The zero-order valence-corrected chi connectivity index (χ0v) is 23.0. The van der Waals surface area contributed by atoms with E-state index >= 15 is 0 Å². The van der Waals surface area contributed by atoms with Gasteiger partial charge in [0.2, 0.25) is 5.91 Å². The van der Waals surface area contributed by atoms with Crippen LogP contribution in [0.5, 0.6) is 0 Å². The Bertz CT molecular complexity index is 1240. The summed E-state index contributed by atoms with van der Waals surface area (Å²) >= 11 is 0. The minimum Gasteiger partial charge on any atom is -0.369 e. The van der Waals surface area contributed by atoms with E-state index in [4.69, 9.17) is 0 Å². The minimum absolute atomic E-state index is 0.0244. The molecule has 3 amide bonds. The first kappa shape index (κ1) is 26.7. The van der Waals surface area contributed by atoms with Gasteiger partial charge in [0.1, 0.15) is 12.2 Å². The van der Waals surface area contributed by atoms with Crippen molar-refractivity contribution >= 4 is 23.3 Å². The maximum Gasteiger partial charge on any atom is 0.340 e. The van der Waals surface area contributed by atoms with E-state index in [9.17, 15) is 9.59 Å². The summed E-state index contributed by atoms with van der Waals surface area (Å²) in [6.07, 6.45) is -0.0998. The largest absolute Gasteiger partial charge is 0.369 e. The lowest BCUT2D eigenvalue weighted by molar-refractivity contribution is -0.127. The highest BCUT2D eigenvalue weighted by molar-refractivity contribution is 5.94. The van der Waals surface area contributed by atoms with Crippen molar-refractivity contribution in [3.8, 4) is 0 Å². The molecule has 0 saturated carbocycles. The molecule has 3 aromatic rings. The molecule has 2 aliphatic heterocycles. The fourth-order valence-electron chi connectivity index (χ4n) is 5.41. The number of piperazine rings is 1. The second-order valence-corrected chi connectivity index (χ2v) is 10.5. The molecule has 5 rings (SSSR count). The second-order valence-electron chi connectivity index (χ2n) is 10.5. The van der Waals surface area contributed by atoms with Crippen molar-refractivity contribution in [2.75, 3.05) is 36.0 Å². The lowest BCUT2D eigenvalue weighted by Gasteiger charge is -2.40.